The van der Waals surface area contributed by atoms with Gasteiger partial charge < -0.3 is 20.4 Å². The summed E-state index contributed by atoms with van der Waals surface area (Å²) in [6.07, 6.45) is 4.16. The summed E-state index contributed by atoms with van der Waals surface area (Å²) in [7, 11) is 0. The van der Waals surface area contributed by atoms with E-state index < -0.39 is 6.10 Å². The van der Waals surface area contributed by atoms with Crippen LogP contribution in [0.3, 0.4) is 0 Å². The molecule has 23 heavy (non-hydrogen) atoms. The molecule has 0 aromatic rings. The van der Waals surface area contributed by atoms with Gasteiger partial charge in [0.2, 0.25) is 0 Å². The molecule has 0 aromatic carbocycles. The van der Waals surface area contributed by atoms with Gasteiger partial charge in [-0.25, -0.2) is 4.89 Å². The van der Waals surface area contributed by atoms with E-state index in [1.54, 1.807) is 19.9 Å². The molecule has 1 saturated heterocycles. The third kappa shape index (κ3) is 22.8. The molecule has 1 aliphatic rings. The van der Waals surface area contributed by atoms with Gasteiger partial charge in [-0.1, -0.05) is 19.1 Å². The first-order valence-electron chi connectivity index (χ1n) is 6.78. The van der Waals surface area contributed by atoms with Gasteiger partial charge in [0.05, 0.1) is 6.10 Å². The van der Waals surface area contributed by atoms with Gasteiger partial charge in [0.1, 0.15) is 12.2 Å². The van der Waals surface area contributed by atoms with Gasteiger partial charge in [-0.2, -0.15) is 0 Å². The number of Topliss-reactive ketones (excluding diaryl/α,β-unsaturated/α-hetero) is 1. The van der Waals surface area contributed by atoms with Crippen molar-refractivity contribution in [3.63, 3.8) is 0 Å². The predicted octanol–water partition coefficient (Wildman–Crippen LogP) is 0.463. The molecule has 0 spiro atoms. The minimum Gasteiger partial charge on any atom is -0.876 e. The van der Waals surface area contributed by atoms with Gasteiger partial charge in [-0.05, 0) is 40.7 Å². The highest BCUT2D eigenvalue weighted by atomic mass is 17.1. The van der Waals surface area contributed by atoms with Crippen molar-refractivity contribution in [3.05, 3.63) is 24.0 Å². The molecule has 8 nitrogen and oxygen atoms in total. The molecule has 3 unspecified atom stereocenters. The lowest BCUT2D eigenvalue weighted by Crippen LogP contribution is -2.06. The lowest BCUT2D eigenvalue weighted by atomic mass is 10.3. The molecular formula is C15H26O8-2. The lowest BCUT2D eigenvalue weighted by Gasteiger charge is -2.06. The molecule has 0 aromatic heterocycles. The molecule has 0 saturated carbocycles. The topological polar surface area (TPSA) is 142 Å². The average molecular weight is 334 g/mol. The third-order valence-corrected chi connectivity index (χ3v) is 2.15. The second-order valence-electron chi connectivity index (χ2n) is 4.57. The summed E-state index contributed by atoms with van der Waals surface area (Å²) in [4.78, 5) is 24.0. The fraction of sp³-hybridized carbons (Fsp3) is 0.600. The quantitative estimate of drug-likeness (QED) is 0.248. The minimum absolute atomic E-state index is 0.0694. The van der Waals surface area contributed by atoms with Crippen LogP contribution in [0.4, 0.5) is 0 Å². The standard InChI is InChI=1S/C5H10O3.C5H8O2.C5H8O.H2O2/c1-4(6)3-5(2)8-7;1-3(6)5-4(2)7-5;1-3-4-5(2)6;1-2/h3,5-7H,1-2H3;4-5H,1-2H3;3-4H,1-2H3;1-2H/p-2/b4-3+;;4-3+;. The SMILES string of the molecule is C/C([O-])=C\C(C)OO.C/C=C/C(C)=O.CC(=O)C1OC1C.[O-]O. The molecule has 1 rings (SSSR count). The number of ether oxygens (including phenoxy) is 1. The summed E-state index contributed by atoms with van der Waals surface area (Å²) in [6.45, 7) is 9.76. The monoisotopic (exact) mass is 334 g/mol. The van der Waals surface area contributed by atoms with Crippen LogP contribution < -0.4 is 10.4 Å². The second kappa shape index (κ2) is 16.8. The maximum atomic E-state index is 10.3. The lowest BCUT2D eigenvalue weighted by molar-refractivity contribution is -0.670. The van der Waals surface area contributed by atoms with Gasteiger partial charge in [0.25, 0.3) is 0 Å². The number of hydrogen-bond acceptors (Lipinski definition) is 8. The van der Waals surface area contributed by atoms with E-state index in [4.69, 9.17) is 20.5 Å². The van der Waals surface area contributed by atoms with E-state index in [1.807, 2.05) is 13.8 Å². The first kappa shape index (κ1) is 26.3. The number of rotatable bonds is 4. The Kier molecular flexibility index (Phi) is 19.2. The summed E-state index contributed by atoms with van der Waals surface area (Å²) in [5.41, 5.74) is 0. The molecule has 136 valence electrons. The van der Waals surface area contributed by atoms with Crippen LogP contribution in [0.1, 0.15) is 41.5 Å². The van der Waals surface area contributed by atoms with Crippen molar-refractivity contribution >= 4 is 11.6 Å². The smallest absolute Gasteiger partial charge is 0.161 e. The summed E-state index contributed by atoms with van der Waals surface area (Å²) in [6, 6.07) is 0. The Morgan fingerprint density at radius 1 is 1.26 bits per heavy atom. The Morgan fingerprint density at radius 2 is 1.70 bits per heavy atom. The summed E-state index contributed by atoms with van der Waals surface area (Å²) in [5, 5.41) is 31.1. The first-order valence-corrected chi connectivity index (χ1v) is 6.78. The van der Waals surface area contributed by atoms with Crippen molar-refractivity contribution < 1.29 is 40.1 Å². The van der Waals surface area contributed by atoms with Crippen molar-refractivity contribution in [2.24, 2.45) is 0 Å². The van der Waals surface area contributed by atoms with Crippen LogP contribution in [0.15, 0.2) is 24.0 Å². The Hall–Kier alpha value is -1.58. The van der Waals surface area contributed by atoms with E-state index in [1.165, 1.54) is 26.0 Å². The third-order valence-electron chi connectivity index (χ3n) is 2.15. The largest absolute Gasteiger partial charge is 0.876 e. The molecule has 0 bridgehead atoms. The Balaban J connectivity index is -0.000000249. The van der Waals surface area contributed by atoms with Crippen LogP contribution in [0, 0.1) is 0 Å². The van der Waals surface area contributed by atoms with E-state index in [2.05, 4.69) is 4.89 Å². The van der Waals surface area contributed by atoms with Crippen molar-refractivity contribution in [2.75, 3.05) is 0 Å². The number of epoxide rings is 1. The number of ketones is 2. The number of carbonyl (C=O) groups is 2. The zero-order valence-electron chi connectivity index (χ0n) is 14.3. The highest BCUT2D eigenvalue weighted by Gasteiger charge is 2.37. The molecule has 1 heterocycles. The first-order chi connectivity index (χ1) is 10.6. The molecule has 1 fully saturated rings. The zero-order valence-corrected chi connectivity index (χ0v) is 14.3. The van der Waals surface area contributed by atoms with Crippen LogP contribution in [0.25, 0.3) is 0 Å². The van der Waals surface area contributed by atoms with E-state index in [9.17, 15) is 14.7 Å². The van der Waals surface area contributed by atoms with Gasteiger partial charge in [-0.15, -0.1) is 5.76 Å². The van der Waals surface area contributed by atoms with Crippen molar-refractivity contribution in [3.8, 4) is 0 Å². The van der Waals surface area contributed by atoms with Crippen LogP contribution in [-0.4, -0.2) is 40.4 Å². The van der Waals surface area contributed by atoms with Crippen LogP contribution in [0.2, 0.25) is 0 Å². The van der Waals surface area contributed by atoms with E-state index >= 15 is 0 Å². The molecule has 1 aliphatic heterocycles. The van der Waals surface area contributed by atoms with Crippen LogP contribution in [0.5, 0.6) is 0 Å². The zero-order chi connectivity index (χ0) is 19.0. The summed E-state index contributed by atoms with van der Waals surface area (Å²) in [5.74, 6) is 0.150. The van der Waals surface area contributed by atoms with Gasteiger partial charge in [-0.3, -0.25) is 14.8 Å². The fourth-order valence-corrected chi connectivity index (χ4v) is 1.21. The van der Waals surface area contributed by atoms with Gasteiger partial charge in [0, 0.05) is 0 Å². The average Bonchev–Trinajstić information content (AvgIpc) is 3.19. The Bertz CT molecular complexity index is 372. The molecule has 2 N–H and O–H groups in total. The van der Waals surface area contributed by atoms with Crippen LogP contribution >= 0.6 is 0 Å². The fourth-order valence-electron chi connectivity index (χ4n) is 1.21. The summed E-state index contributed by atoms with van der Waals surface area (Å²) < 4.78 is 4.83. The van der Waals surface area contributed by atoms with E-state index in [0.29, 0.717) is 0 Å². The maximum absolute atomic E-state index is 10.3. The van der Waals surface area contributed by atoms with Crippen molar-refractivity contribution in [1.29, 1.82) is 0 Å². The molecule has 0 amide bonds. The van der Waals surface area contributed by atoms with Crippen molar-refractivity contribution in [2.45, 2.75) is 59.9 Å². The molecular weight excluding hydrogens is 308 g/mol. The molecule has 3 atom stereocenters. The minimum atomic E-state index is -0.493. The molecule has 0 radical (unpaired) electrons. The van der Waals surface area contributed by atoms with E-state index in [0.717, 1.165) is 0 Å². The number of allylic oxidation sites excluding steroid dienone is 3. The highest BCUT2D eigenvalue weighted by Crippen LogP contribution is 2.20. The second-order valence-corrected chi connectivity index (χ2v) is 4.57. The highest BCUT2D eigenvalue weighted by molar-refractivity contribution is 5.87. The van der Waals surface area contributed by atoms with Gasteiger partial charge in [0.15, 0.2) is 11.6 Å². The number of hydrogen-bond donors (Lipinski definition) is 2. The number of carbonyl (C=O) groups excluding carboxylic acids is 2. The molecule has 0 aliphatic carbocycles. The normalized spacial score (nSPS) is 20.0. The predicted molar refractivity (Wildman–Crippen MR) is 80.1 cm³/mol. The van der Waals surface area contributed by atoms with Gasteiger partial charge >= 0.3 is 0 Å². The Labute approximate surface area is 136 Å². The Morgan fingerprint density at radius 3 is 1.74 bits per heavy atom. The van der Waals surface area contributed by atoms with Crippen molar-refractivity contribution in [1.82, 2.24) is 0 Å². The molecule has 8 heteroatoms. The van der Waals surface area contributed by atoms with Crippen LogP contribution in [-0.2, 0) is 19.2 Å². The maximum Gasteiger partial charge on any atom is 0.161 e. The summed E-state index contributed by atoms with van der Waals surface area (Å²) >= 11 is 0. The van der Waals surface area contributed by atoms with E-state index in [-0.39, 0.29) is 29.5 Å².